The number of hydrogen-bond acceptors (Lipinski definition) is 0. The first kappa shape index (κ1) is 12.1. The van der Waals surface area contributed by atoms with Crippen molar-refractivity contribution in [3.63, 3.8) is 0 Å². The van der Waals surface area contributed by atoms with Crippen LogP contribution in [0.4, 0.5) is 0 Å². The molecule has 0 saturated carbocycles. The highest BCUT2D eigenvalue weighted by Crippen LogP contribution is 2.60. The van der Waals surface area contributed by atoms with Gasteiger partial charge in [-0.2, -0.15) is 0 Å². The smallest absolute Gasteiger partial charge is 0.0173 e. The van der Waals surface area contributed by atoms with E-state index in [9.17, 15) is 0 Å². The summed E-state index contributed by atoms with van der Waals surface area (Å²) in [6.45, 7) is 2.29. The monoisotopic (exact) mass is 294 g/mol. The van der Waals surface area contributed by atoms with Crippen LogP contribution in [0.3, 0.4) is 0 Å². The van der Waals surface area contributed by atoms with Gasteiger partial charge >= 0.3 is 0 Å². The zero-order valence-corrected chi connectivity index (χ0v) is 13.2. The molecule has 0 N–H and O–H groups in total. The van der Waals surface area contributed by atoms with E-state index in [1.165, 1.54) is 27.8 Å². The number of allylic oxidation sites excluding steroid dienone is 11. The summed E-state index contributed by atoms with van der Waals surface area (Å²) in [5, 5.41) is 0. The van der Waals surface area contributed by atoms with E-state index in [2.05, 4.69) is 73.7 Å². The van der Waals surface area contributed by atoms with Crippen LogP contribution >= 0.6 is 0 Å². The Bertz CT molecular complexity index is 942. The fraction of sp³-hybridized carbons (Fsp3) is 0.217. The van der Waals surface area contributed by atoms with Gasteiger partial charge in [0.25, 0.3) is 0 Å². The van der Waals surface area contributed by atoms with E-state index in [1.807, 2.05) is 0 Å². The van der Waals surface area contributed by atoms with Crippen LogP contribution in [0.5, 0.6) is 0 Å². The molecule has 0 aliphatic heterocycles. The molecule has 0 heteroatoms. The van der Waals surface area contributed by atoms with Crippen molar-refractivity contribution in [1.82, 2.24) is 0 Å². The molecule has 0 nitrogen and oxygen atoms in total. The third-order valence-corrected chi connectivity index (χ3v) is 6.38. The van der Waals surface area contributed by atoms with E-state index in [-0.39, 0.29) is 0 Å². The van der Waals surface area contributed by atoms with Crippen LogP contribution in [0.2, 0.25) is 0 Å². The molecule has 5 aliphatic carbocycles. The van der Waals surface area contributed by atoms with Crippen LogP contribution in [0.1, 0.15) is 29.5 Å². The molecular formula is C23H18. The second kappa shape index (κ2) is 3.94. The second-order valence-corrected chi connectivity index (χ2v) is 7.39. The third-order valence-electron chi connectivity index (χ3n) is 6.38. The fourth-order valence-corrected chi connectivity index (χ4v) is 5.38. The van der Waals surface area contributed by atoms with Gasteiger partial charge in [-0.05, 0) is 40.3 Å². The molecule has 0 fully saturated rings. The molecule has 1 aromatic carbocycles. The molecule has 0 bridgehead atoms. The van der Waals surface area contributed by atoms with Gasteiger partial charge in [0.1, 0.15) is 0 Å². The Morgan fingerprint density at radius 2 is 1.74 bits per heavy atom. The Labute approximate surface area is 136 Å². The predicted octanol–water partition coefficient (Wildman–Crippen LogP) is 5.44. The maximum absolute atomic E-state index is 2.43. The minimum atomic E-state index is 0.530. The van der Waals surface area contributed by atoms with E-state index in [1.54, 1.807) is 11.1 Å². The molecule has 1 aromatic rings. The average Bonchev–Trinajstić information content (AvgIpc) is 2.60. The zero-order valence-electron chi connectivity index (χ0n) is 13.2. The van der Waals surface area contributed by atoms with Gasteiger partial charge in [0.2, 0.25) is 0 Å². The summed E-state index contributed by atoms with van der Waals surface area (Å²) in [5.74, 6) is 2.17. The SMILES string of the molecule is CC1=CC=C2c3cccc4c3C3C5=C(C=CC3C=C4)C=CC1C25. The van der Waals surface area contributed by atoms with Gasteiger partial charge in [0.15, 0.2) is 0 Å². The zero-order chi connectivity index (χ0) is 15.1. The first-order valence-electron chi connectivity index (χ1n) is 8.63. The molecule has 0 radical (unpaired) electrons. The van der Waals surface area contributed by atoms with Crippen LogP contribution in [0.15, 0.2) is 77.5 Å². The molecule has 0 heterocycles. The van der Waals surface area contributed by atoms with Crippen molar-refractivity contribution < 1.29 is 0 Å². The summed E-state index contributed by atoms with van der Waals surface area (Å²) in [6.07, 6.45) is 19.0. The van der Waals surface area contributed by atoms with Crippen molar-refractivity contribution in [3.05, 3.63) is 94.1 Å². The Balaban J connectivity index is 1.77. The van der Waals surface area contributed by atoms with Gasteiger partial charge in [-0.25, -0.2) is 0 Å². The van der Waals surface area contributed by atoms with Crippen LogP contribution in [0.25, 0.3) is 11.6 Å². The summed E-state index contributed by atoms with van der Waals surface area (Å²) in [5.41, 5.74) is 10.7. The molecule has 23 heavy (non-hydrogen) atoms. The van der Waals surface area contributed by atoms with Crippen molar-refractivity contribution in [2.45, 2.75) is 12.8 Å². The van der Waals surface area contributed by atoms with Gasteiger partial charge in [-0.3, -0.25) is 0 Å². The highest BCUT2D eigenvalue weighted by atomic mass is 14.5. The molecule has 0 saturated heterocycles. The van der Waals surface area contributed by atoms with Gasteiger partial charge < -0.3 is 0 Å². The quantitative estimate of drug-likeness (QED) is 0.598. The summed E-state index contributed by atoms with van der Waals surface area (Å²) < 4.78 is 0. The van der Waals surface area contributed by atoms with Gasteiger partial charge in [0.05, 0.1) is 0 Å². The summed E-state index contributed by atoms with van der Waals surface area (Å²) in [4.78, 5) is 0. The van der Waals surface area contributed by atoms with Crippen LogP contribution in [-0.4, -0.2) is 0 Å². The fourth-order valence-electron chi connectivity index (χ4n) is 5.38. The van der Waals surface area contributed by atoms with Crippen LogP contribution in [0, 0.1) is 17.8 Å². The number of hydrogen-bond donors (Lipinski definition) is 0. The topological polar surface area (TPSA) is 0 Å². The molecule has 5 aliphatic rings. The lowest BCUT2D eigenvalue weighted by molar-refractivity contribution is 0.502. The van der Waals surface area contributed by atoms with E-state index in [0.29, 0.717) is 23.7 Å². The normalized spacial score (nSPS) is 34.1. The van der Waals surface area contributed by atoms with E-state index in [4.69, 9.17) is 0 Å². The standard InChI is InChI=1S/C23H18/c1-13-5-11-19-18-4-2-3-14-6-7-15-8-9-16-10-12-17(13)23(19)22(16)21(15)20(14)18/h2-12,15,17,21,23H,1H3. The summed E-state index contributed by atoms with van der Waals surface area (Å²) in [7, 11) is 0. The highest BCUT2D eigenvalue weighted by Gasteiger charge is 2.46. The number of fused-ring (bicyclic) bond motifs is 1. The lowest BCUT2D eigenvalue weighted by Crippen LogP contribution is -2.35. The molecule has 0 aromatic heterocycles. The Morgan fingerprint density at radius 1 is 0.870 bits per heavy atom. The second-order valence-electron chi connectivity index (χ2n) is 7.39. The van der Waals surface area contributed by atoms with E-state index < -0.39 is 0 Å². The molecular weight excluding hydrogens is 276 g/mol. The first-order chi connectivity index (χ1) is 11.3. The van der Waals surface area contributed by atoms with E-state index in [0.717, 1.165) is 0 Å². The maximum Gasteiger partial charge on any atom is 0.0173 e. The minimum absolute atomic E-state index is 0.530. The Morgan fingerprint density at radius 3 is 2.70 bits per heavy atom. The first-order valence-corrected chi connectivity index (χ1v) is 8.63. The molecule has 0 spiro atoms. The van der Waals surface area contributed by atoms with Crippen molar-refractivity contribution in [2.24, 2.45) is 17.8 Å². The Hall–Kier alpha value is -2.34. The average molecular weight is 294 g/mol. The van der Waals surface area contributed by atoms with Crippen molar-refractivity contribution in [2.75, 3.05) is 0 Å². The van der Waals surface area contributed by atoms with E-state index >= 15 is 0 Å². The summed E-state index contributed by atoms with van der Waals surface area (Å²) in [6, 6.07) is 6.86. The van der Waals surface area contributed by atoms with Gasteiger partial charge in [-0.15, -0.1) is 0 Å². The number of rotatable bonds is 0. The van der Waals surface area contributed by atoms with Crippen molar-refractivity contribution >= 4 is 11.6 Å². The number of benzene rings is 1. The molecule has 110 valence electrons. The predicted molar refractivity (Wildman–Crippen MR) is 95.7 cm³/mol. The maximum atomic E-state index is 2.43. The summed E-state index contributed by atoms with van der Waals surface area (Å²) >= 11 is 0. The Kier molecular flexibility index (Phi) is 2.08. The van der Waals surface area contributed by atoms with Crippen molar-refractivity contribution in [3.8, 4) is 0 Å². The minimum Gasteiger partial charge on any atom is -0.0761 e. The lowest BCUT2D eigenvalue weighted by Gasteiger charge is -2.48. The molecule has 0 amide bonds. The van der Waals surface area contributed by atoms with Gasteiger partial charge in [0, 0.05) is 23.7 Å². The highest BCUT2D eigenvalue weighted by molar-refractivity contribution is 5.85. The van der Waals surface area contributed by atoms with Crippen molar-refractivity contribution in [1.29, 1.82) is 0 Å². The lowest BCUT2D eigenvalue weighted by atomic mass is 9.55. The molecule has 4 atom stereocenters. The molecule has 4 unspecified atom stereocenters. The van der Waals surface area contributed by atoms with Crippen LogP contribution in [-0.2, 0) is 0 Å². The van der Waals surface area contributed by atoms with Crippen LogP contribution < -0.4 is 0 Å². The largest absolute Gasteiger partial charge is 0.0761 e. The third kappa shape index (κ3) is 1.34. The van der Waals surface area contributed by atoms with Gasteiger partial charge in [-0.1, -0.05) is 72.4 Å². The molecule has 6 rings (SSSR count).